The molecule has 1 unspecified atom stereocenters. The van der Waals surface area contributed by atoms with E-state index in [4.69, 9.17) is 0 Å². The van der Waals surface area contributed by atoms with Crippen LogP contribution >= 0.6 is 0 Å². The van der Waals surface area contributed by atoms with E-state index in [-0.39, 0.29) is 10.9 Å². The largest absolute Gasteiger partial charge is 0.315 e. The molecule has 136 valence electrons. The predicted octanol–water partition coefficient (Wildman–Crippen LogP) is 1.76. The smallest absolute Gasteiger partial charge is 0.249 e. The summed E-state index contributed by atoms with van der Waals surface area (Å²) in [5.74, 6) is 0. The van der Waals surface area contributed by atoms with Crippen molar-refractivity contribution < 1.29 is 8.42 Å². The van der Waals surface area contributed by atoms with Crippen LogP contribution in [0.5, 0.6) is 0 Å². The van der Waals surface area contributed by atoms with Gasteiger partial charge in [-0.3, -0.25) is 0 Å². The van der Waals surface area contributed by atoms with E-state index in [1.807, 2.05) is 30.3 Å². The highest BCUT2D eigenvalue weighted by Crippen LogP contribution is 2.31. The number of hydrogen-bond donors (Lipinski definition) is 1. The Bertz CT molecular complexity index is 1020. The highest BCUT2D eigenvalue weighted by atomic mass is 32.2. The number of aromatic nitrogens is 3. The van der Waals surface area contributed by atoms with Gasteiger partial charge >= 0.3 is 0 Å². The maximum Gasteiger partial charge on any atom is 0.249 e. The lowest BCUT2D eigenvalue weighted by Crippen LogP contribution is -2.37. The Morgan fingerprint density at radius 3 is 2.81 bits per heavy atom. The minimum atomic E-state index is -3.75. The van der Waals surface area contributed by atoms with Gasteiger partial charge < -0.3 is 5.32 Å². The van der Waals surface area contributed by atoms with Crippen LogP contribution in [0.2, 0.25) is 0 Å². The maximum atomic E-state index is 13.6. The standard InChI is InChI=1S/C18H21N5O2S/c1-14-17(18-20-10-6-11-22(18)21-14)26(24,25)23-12-5-9-19-13-16(23)15-7-3-2-4-8-15/h2-4,6-8,10-11,16,19H,5,9,12-13H2,1H3. The first-order valence-corrected chi connectivity index (χ1v) is 10.1. The third-order valence-electron chi connectivity index (χ3n) is 4.68. The zero-order chi connectivity index (χ0) is 18.1. The number of aryl methyl sites for hydroxylation is 1. The van der Waals surface area contributed by atoms with Crippen molar-refractivity contribution in [3.8, 4) is 0 Å². The summed E-state index contributed by atoms with van der Waals surface area (Å²) in [5.41, 5.74) is 1.81. The normalized spacial score (nSPS) is 19.5. The van der Waals surface area contributed by atoms with E-state index in [0.717, 1.165) is 18.5 Å². The van der Waals surface area contributed by atoms with Crippen molar-refractivity contribution in [2.75, 3.05) is 19.6 Å². The van der Waals surface area contributed by atoms with Crippen LogP contribution in [-0.4, -0.2) is 47.0 Å². The Morgan fingerprint density at radius 2 is 2.00 bits per heavy atom. The average Bonchev–Trinajstić information content (AvgIpc) is 2.81. The molecule has 0 amide bonds. The predicted molar refractivity (Wildman–Crippen MR) is 98.3 cm³/mol. The molecule has 1 aliphatic heterocycles. The fourth-order valence-corrected chi connectivity index (χ4v) is 5.42. The SMILES string of the molecule is Cc1nn2cccnc2c1S(=O)(=O)N1CCCNCC1c1ccccc1. The molecule has 0 bridgehead atoms. The van der Waals surface area contributed by atoms with Crippen LogP contribution in [0.4, 0.5) is 0 Å². The van der Waals surface area contributed by atoms with E-state index in [2.05, 4.69) is 15.4 Å². The van der Waals surface area contributed by atoms with Crippen molar-refractivity contribution in [1.29, 1.82) is 0 Å². The van der Waals surface area contributed by atoms with E-state index in [0.29, 0.717) is 24.4 Å². The molecule has 1 aliphatic rings. The average molecular weight is 371 g/mol. The van der Waals surface area contributed by atoms with Crippen molar-refractivity contribution in [2.24, 2.45) is 0 Å². The van der Waals surface area contributed by atoms with Gasteiger partial charge in [-0.2, -0.15) is 9.40 Å². The third-order valence-corrected chi connectivity index (χ3v) is 6.73. The van der Waals surface area contributed by atoms with Crippen LogP contribution in [0.25, 0.3) is 5.65 Å². The van der Waals surface area contributed by atoms with Gasteiger partial charge in [0, 0.05) is 25.5 Å². The fourth-order valence-electron chi connectivity index (χ4n) is 3.50. The number of rotatable bonds is 3. The van der Waals surface area contributed by atoms with Crippen LogP contribution < -0.4 is 5.32 Å². The molecule has 2 aromatic heterocycles. The summed E-state index contributed by atoms with van der Waals surface area (Å²) in [7, 11) is -3.75. The Labute approximate surface area is 152 Å². The molecule has 0 radical (unpaired) electrons. The van der Waals surface area contributed by atoms with Gasteiger partial charge in [0.25, 0.3) is 0 Å². The lowest BCUT2D eigenvalue weighted by molar-refractivity contribution is 0.341. The summed E-state index contributed by atoms with van der Waals surface area (Å²) >= 11 is 0. The monoisotopic (exact) mass is 371 g/mol. The van der Waals surface area contributed by atoms with Crippen molar-refractivity contribution in [3.05, 3.63) is 60.0 Å². The van der Waals surface area contributed by atoms with Crippen LogP contribution in [0.3, 0.4) is 0 Å². The van der Waals surface area contributed by atoms with Crippen LogP contribution in [-0.2, 0) is 10.0 Å². The molecule has 1 fully saturated rings. The number of benzene rings is 1. The Kier molecular flexibility index (Phi) is 4.47. The highest BCUT2D eigenvalue weighted by molar-refractivity contribution is 7.89. The topological polar surface area (TPSA) is 79.6 Å². The molecule has 1 atom stereocenters. The number of hydrogen-bond acceptors (Lipinski definition) is 5. The molecule has 3 aromatic rings. The van der Waals surface area contributed by atoms with Gasteiger partial charge in [-0.15, -0.1) is 0 Å². The number of nitrogens with one attached hydrogen (secondary N) is 1. The summed E-state index contributed by atoms with van der Waals surface area (Å²) in [4.78, 5) is 4.46. The van der Waals surface area contributed by atoms with Crippen LogP contribution in [0, 0.1) is 6.92 Å². The Morgan fingerprint density at radius 1 is 1.19 bits per heavy atom. The van der Waals surface area contributed by atoms with Gasteiger partial charge in [-0.05, 0) is 31.5 Å². The molecule has 4 rings (SSSR count). The quantitative estimate of drug-likeness (QED) is 0.759. The lowest BCUT2D eigenvalue weighted by atomic mass is 10.1. The third kappa shape index (κ3) is 2.90. The zero-order valence-electron chi connectivity index (χ0n) is 14.5. The fraction of sp³-hybridized carbons (Fsp3) is 0.333. The number of fused-ring (bicyclic) bond motifs is 1. The molecule has 26 heavy (non-hydrogen) atoms. The minimum absolute atomic E-state index is 0.195. The first-order valence-electron chi connectivity index (χ1n) is 8.66. The van der Waals surface area contributed by atoms with E-state index < -0.39 is 10.0 Å². The molecule has 8 heteroatoms. The number of nitrogens with zero attached hydrogens (tertiary/aromatic N) is 4. The van der Waals surface area contributed by atoms with E-state index in [9.17, 15) is 8.42 Å². The second-order valence-electron chi connectivity index (χ2n) is 6.40. The molecule has 1 N–H and O–H groups in total. The molecule has 3 heterocycles. The molecule has 0 spiro atoms. The molecular weight excluding hydrogens is 350 g/mol. The van der Waals surface area contributed by atoms with Gasteiger partial charge in [0.05, 0.1) is 11.7 Å². The summed E-state index contributed by atoms with van der Waals surface area (Å²) in [5, 5.41) is 7.68. The van der Waals surface area contributed by atoms with Crippen LogP contribution in [0.15, 0.2) is 53.7 Å². The van der Waals surface area contributed by atoms with Crippen molar-refractivity contribution in [2.45, 2.75) is 24.3 Å². The van der Waals surface area contributed by atoms with Gasteiger partial charge in [0.2, 0.25) is 10.0 Å². The highest BCUT2D eigenvalue weighted by Gasteiger charge is 2.37. The van der Waals surface area contributed by atoms with Gasteiger partial charge in [0.1, 0.15) is 4.90 Å². The second kappa shape index (κ2) is 6.79. The second-order valence-corrected chi connectivity index (χ2v) is 8.23. The zero-order valence-corrected chi connectivity index (χ0v) is 15.4. The van der Waals surface area contributed by atoms with Crippen molar-refractivity contribution >= 4 is 15.7 Å². The summed E-state index contributed by atoms with van der Waals surface area (Å²) in [6, 6.07) is 11.2. The minimum Gasteiger partial charge on any atom is -0.315 e. The van der Waals surface area contributed by atoms with Crippen molar-refractivity contribution in [1.82, 2.24) is 24.2 Å². The molecule has 0 saturated carbocycles. The van der Waals surface area contributed by atoms with Gasteiger partial charge in [-0.25, -0.2) is 17.9 Å². The van der Waals surface area contributed by atoms with Crippen LogP contribution in [0.1, 0.15) is 23.7 Å². The molecule has 1 aromatic carbocycles. The molecule has 7 nitrogen and oxygen atoms in total. The summed E-state index contributed by atoms with van der Waals surface area (Å²) < 4.78 is 30.4. The van der Waals surface area contributed by atoms with E-state index in [1.165, 1.54) is 4.52 Å². The first-order chi connectivity index (χ1) is 12.6. The summed E-state index contributed by atoms with van der Waals surface area (Å²) in [6.07, 6.45) is 4.06. The lowest BCUT2D eigenvalue weighted by Gasteiger charge is -2.29. The number of sulfonamides is 1. The van der Waals surface area contributed by atoms with Crippen molar-refractivity contribution in [3.63, 3.8) is 0 Å². The van der Waals surface area contributed by atoms with E-state index >= 15 is 0 Å². The Balaban J connectivity index is 1.85. The first kappa shape index (κ1) is 17.1. The molecule has 0 aliphatic carbocycles. The Hall–Kier alpha value is -2.29. The molecule has 1 saturated heterocycles. The maximum absolute atomic E-state index is 13.6. The van der Waals surface area contributed by atoms with E-state index in [1.54, 1.807) is 29.7 Å². The van der Waals surface area contributed by atoms with Gasteiger partial charge in [0.15, 0.2) is 5.65 Å². The summed E-state index contributed by atoms with van der Waals surface area (Å²) in [6.45, 7) is 3.55. The van der Waals surface area contributed by atoms with Gasteiger partial charge in [-0.1, -0.05) is 30.3 Å². The molecular formula is C18H21N5O2S.